The van der Waals surface area contributed by atoms with Gasteiger partial charge in [-0.25, -0.2) is 4.79 Å². The summed E-state index contributed by atoms with van der Waals surface area (Å²) in [5.41, 5.74) is 1.98. The summed E-state index contributed by atoms with van der Waals surface area (Å²) in [6, 6.07) is 8.16. The van der Waals surface area contributed by atoms with Crippen LogP contribution in [0.3, 0.4) is 0 Å². The third-order valence-electron chi connectivity index (χ3n) is 4.19. The first-order chi connectivity index (χ1) is 12.0. The van der Waals surface area contributed by atoms with Crippen molar-refractivity contribution in [2.45, 2.75) is 26.3 Å². The standard InChI is InChI=1S/C19H22N2O4/c1-4-12(2)17(19(23)24)21-18(22)15-9-14(10-20-11-15)13-5-7-16(25-3)8-6-13/h5-12,17H,4H2,1-3H3,(H,21,22)(H,23,24). The van der Waals surface area contributed by atoms with E-state index in [1.54, 1.807) is 26.3 Å². The molecule has 2 atom stereocenters. The highest BCUT2D eigenvalue weighted by molar-refractivity contribution is 5.97. The van der Waals surface area contributed by atoms with Crippen molar-refractivity contribution in [2.24, 2.45) is 5.92 Å². The average molecular weight is 342 g/mol. The minimum absolute atomic E-state index is 0.167. The van der Waals surface area contributed by atoms with Crippen molar-refractivity contribution in [3.05, 3.63) is 48.3 Å². The van der Waals surface area contributed by atoms with Gasteiger partial charge in [-0.05, 0) is 29.7 Å². The monoisotopic (exact) mass is 342 g/mol. The number of amides is 1. The lowest BCUT2D eigenvalue weighted by Gasteiger charge is -2.20. The second kappa shape index (κ2) is 8.28. The number of ether oxygens (including phenoxy) is 1. The molecule has 0 bridgehead atoms. The summed E-state index contributed by atoms with van der Waals surface area (Å²) in [7, 11) is 1.59. The number of nitrogens with one attached hydrogen (secondary N) is 1. The summed E-state index contributed by atoms with van der Waals surface area (Å²) in [6.07, 6.45) is 3.74. The molecule has 25 heavy (non-hydrogen) atoms. The van der Waals surface area contributed by atoms with Crippen molar-refractivity contribution in [1.29, 1.82) is 0 Å². The number of nitrogens with zero attached hydrogens (tertiary/aromatic N) is 1. The molecule has 2 aromatic rings. The fourth-order valence-corrected chi connectivity index (χ4v) is 2.41. The van der Waals surface area contributed by atoms with E-state index in [1.165, 1.54) is 6.20 Å². The van der Waals surface area contributed by atoms with Crippen LogP contribution < -0.4 is 10.1 Å². The highest BCUT2D eigenvalue weighted by atomic mass is 16.5. The number of carboxylic acid groups (broad SMARTS) is 1. The molecule has 1 aromatic carbocycles. The van der Waals surface area contributed by atoms with E-state index < -0.39 is 17.9 Å². The van der Waals surface area contributed by atoms with Crippen molar-refractivity contribution < 1.29 is 19.4 Å². The molecule has 132 valence electrons. The van der Waals surface area contributed by atoms with Gasteiger partial charge < -0.3 is 15.2 Å². The minimum atomic E-state index is -1.04. The van der Waals surface area contributed by atoms with Crippen LogP contribution in [0.2, 0.25) is 0 Å². The second-order valence-corrected chi connectivity index (χ2v) is 5.87. The molecule has 0 saturated heterocycles. The Morgan fingerprint density at radius 3 is 2.44 bits per heavy atom. The molecule has 6 nitrogen and oxygen atoms in total. The lowest BCUT2D eigenvalue weighted by Crippen LogP contribution is -2.45. The third kappa shape index (κ3) is 4.56. The van der Waals surface area contributed by atoms with Crippen LogP contribution >= 0.6 is 0 Å². The summed E-state index contributed by atoms with van der Waals surface area (Å²) in [5.74, 6) is -0.917. The molecule has 0 radical (unpaired) electrons. The minimum Gasteiger partial charge on any atom is -0.497 e. The Balaban J connectivity index is 2.22. The van der Waals surface area contributed by atoms with Gasteiger partial charge in [0.1, 0.15) is 11.8 Å². The van der Waals surface area contributed by atoms with Gasteiger partial charge in [0.05, 0.1) is 12.7 Å². The molecule has 0 aliphatic rings. The average Bonchev–Trinajstić information content (AvgIpc) is 2.65. The van der Waals surface area contributed by atoms with Crippen LogP contribution in [0.15, 0.2) is 42.7 Å². The van der Waals surface area contributed by atoms with Gasteiger partial charge in [0.2, 0.25) is 0 Å². The number of benzene rings is 1. The quantitative estimate of drug-likeness (QED) is 0.807. The molecule has 6 heteroatoms. The van der Waals surface area contributed by atoms with Gasteiger partial charge in [0, 0.05) is 18.0 Å². The van der Waals surface area contributed by atoms with Crippen molar-refractivity contribution >= 4 is 11.9 Å². The Kier molecular flexibility index (Phi) is 6.11. The zero-order chi connectivity index (χ0) is 18.4. The molecule has 2 N–H and O–H groups in total. The van der Waals surface area contributed by atoms with Crippen molar-refractivity contribution in [3.8, 4) is 16.9 Å². The molecule has 2 unspecified atom stereocenters. The topological polar surface area (TPSA) is 88.5 Å². The highest BCUT2D eigenvalue weighted by Gasteiger charge is 2.25. The van der Waals surface area contributed by atoms with Gasteiger partial charge >= 0.3 is 5.97 Å². The SMILES string of the molecule is CCC(C)C(NC(=O)c1cncc(-c2ccc(OC)cc2)c1)C(=O)O. The summed E-state index contributed by atoms with van der Waals surface area (Å²) < 4.78 is 5.13. The van der Waals surface area contributed by atoms with E-state index in [4.69, 9.17) is 4.74 Å². The second-order valence-electron chi connectivity index (χ2n) is 5.87. The Bertz CT molecular complexity index is 743. The first kappa shape index (κ1) is 18.4. The van der Waals surface area contributed by atoms with E-state index in [2.05, 4.69) is 10.3 Å². The number of hydrogen-bond donors (Lipinski definition) is 2. The molecule has 0 fully saturated rings. The zero-order valence-electron chi connectivity index (χ0n) is 14.5. The van der Waals surface area contributed by atoms with Crippen LogP contribution in [0, 0.1) is 5.92 Å². The van der Waals surface area contributed by atoms with Crippen LogP contribution in [0.4, 0.5) is 0 Å². The number of carbonyl (C=O) groups is 2. The van der Waals surface area contributed by atoms with Crippen LogP contribution in [0.1, 0.15) is 30.6 Å². The van der Waals surface area contributed by atoms with E-state index in [9.17, 15) is 14.7 Å². The Morgan fingerprint density at radius 2 is 1.88 bits per heavy atom. The van der Waals surface area contributed by atoms with Crippen LogP contribution in [-0.4, -0.2) is 35.1 Å². The van der Waals surface area contributed by atoms with E-state index >= 15 is 0 Å². The molecule has 0 saturated carbocycles. The van der Waals surface area contributed by atoms with Crippen molar-refractivity contribution in [3.63, 3.8) is 0 Å². The van der Waals surface area contributed by atoms with Gasteiger partial charge in [0.15, 0.2) is 0 Å². The fraction of sp³-hybridized carbons (Fsp3) is 0.316. The molecule has 1 amide bonds. The maximum Gasteiger partial charge on any atom is 0.326 e. The Morgan fingerprint density at radius 1 is 1.20 bits per heavy atom. The molecular weight excluding hydrogens is 320 g/mol. The molecule has 0 spiro atoms. The Labute approximate surface area is 146 Å². The van der Waals surface area contributed by atoms with Gasteiger partial charge in [0.25, 0.3) is 5.91 Å². The number of hydrogen-bond acceptors (Lipinski definition) is 4. The third-order valence-corrected chi connectivity index (χ3v) is 4.19. The molecule has 0 aliphatic carbocycles. The first-order valence-electron chi connectivity index (χ1n) is 8.09. The highest BCUT2D eigenvalue weighted by Crippen LogP contribution is 2.22. The van der Waals surface area contributed by atoms with Crippen molar-refractivity contribution in [2.75, 3.05) is 7.11 Å². The first-order valence-corrected chi connectivity index (χ1v) is 8.09. The molecular formula is C19H22N2O4. The van der Waals surface area contributed by atoms with Crippen LogP contribution in [0.25, 0.3) is 11.1 Å². The zero-order valence-corrected chi connectivity index (χ0v) is 14.5. The predicted molar refractivity (Wildman–Crippen MR) is 94.6 cm³/mol. The number of rotatable bonds is 7. The number of methoxy groups -OCH3 is 1. The lowest BCUT2D eigenvalue weighted by molar-refractivity contribution is -0.140. The predicted octanol–water partition coefficient (Wildman–Crippen LogP) is 2.99. The normalized spacial score (nSPS) is 12.9. The maximum atomic E-state index is 12.4. The van der Waals surface area contributed by atoms with E-state index in [1.807, 2.05) is 31.2 Å². The van der Waals surface area contributed by atoms with Crippen molar-refractivity contribution in [1.82, 2.24) is 10.3 Å². The van der Waals surface area contributed by atoms with Gasteiger partial charge in [-0.1, -0.05) is 32.4 Å². The fourth-order valence-electron chi connectivity index (χ4n) is 2.41. The van der Waals surface area contributed by atoms with Crippen LogP contribution in [0.5, 0.6) is 5.75 Å². The number of aliphatic carboxylic acids is 1. The molecule has 1 heterocycles. The number of carbonyl (C=O) groups excluding carboxylic acids is 1. The summed E-state index contributed by atoms with van der Waals surface area (Å²) in [5, 5.41) is 11.9. The maximum absolute atomic E-state index is 12.4. The molecule has 0 aliphatic heterocycles. The molecule has 1 aromatic heterocycles. The van der Waals surface area contributed by atoms with E-state index in [0.717, 1.165) is 16.9 Å². The van der Waals surface area contributed by atoms with Gasteiger partial charge in [-0.2, -0.15) is 0 Å². The number of carboxylic acids is 1. The Hall–Kier alpha value is -2.89. The van der Waals surface area contributed by atoms with E-state index in [0.29, 0.717) is 12.0 Å². The summed E-state index contributed by atoms with van der Waals surface area (Å²) in [4.78, 5) is 27.9. The molecule has 2 rings (SSSR count). The summed E-state index contributed by atoms with van der Waals surface area (Å²) >= 11 is 0. The number of aromatic nitrogens is 1. The smallest absolute Gasteiger partial charge is 0.326 e. The van der Waals surface area contributed by atoms with Gasteiger partial charge in [-0.3, -0.25) is 9.78 Å². The number of pyridine rings is 1. The summed E-state index contributed by atoms with van der Waals surface area (Å²) in [6.45, 7) is 3.68. The largest absolute Gasteiger partial charge is 0.497 e. The lowest BCUT2D eigenvalue weighted by atomic mass is 9.98. The van der Waals surface area contributed by atoms with E-state index in [-0.39, 0.29) is 5.92 Å². The van der Waals surface area contributed by atoms with Crippen LogP contribution in [-0.2, 0) is 4.79 Å². The van der Waals surface area contributed by atoms with Gasteiger partial charge in [-0.15, -0.1) is 0 Å².